The maximum Gasteiger partial charge on any atom is 0.416 e. The minimum absolute atomic E-state index is 0.129. The van der Waals surface area contributed by atoms with Gasteiger partial charge in [0.1, 0.15) is 0 Å². The van der Waals surface area contributed by atoms with Crippen molar-refractivity contribution in [1.29, 1.82) is 0 Å². The quantitative estimate of drug-likeness (QED) is 0.181. The van der Waals surface area contributed by atoms with Gasteiger partial charge in [0.15, 0.2) is 0 Å². The molecule has 0 saturated heterocycles. The van der Waals surface area contributed by atoms with Crippen LogP contribution < -0.4 is 27.2 Å². The van der Waals surface area contributed by atoms with Crippen LogP contribution in [0.15, 0.2) is 48.8 Å². The molecule has 2 aromatic carbocycles. The van der Waals surface area contributed by atoms with Crippen LogP contribution in [0.3, 0.4) is 0 Å². The number of carbonyl (C=O) groups excluding carboxylic acids is 1. The lowest BCUT2D eigenvalue weighted by Gasteiger charge is -2.20. The Bertz CT molecular complexity index is 1340. The fourth-order valence-corrected chi connectivity index (χ4v) is 3.56. The zero-order chi connectivity index (χ0) is 28.2. The number of hydrogen-bond donors (Lipinski definition) is 6. The second-order valence-electron chi connectivity index (χ2n) is 8.69. The summed E-state index contributed by atoms with van der Waals surface area (Å²) in [6.07, 6.45) is -2.70. The van der Waals surface area contributed by atoms with Gasteiger partial charge in [-0.1, -0.05) is 6.07 Å². The number of nitrogens with two attached hydrogens (primary N) is 2. The van der Waals surface area contributed by atoms with Gasteiger partial charge < -0.3 is 26.6 Å². The fraction of sp³-hybridized carbons (Fsp3) is 0.280. The second kappa shape index (κ2) is 11.5. The zero-order valence-corrected chi connectivity index (χ0v) is 21.0. The van der Waals surface area contributed by atoms with Gasteiger partial charge in [0.25, 0.3) is 5.91 Å². The lowest BCUT2D eigenvalue weighted by molar-refractivity contribution is -0.137. The Morgan fingerprint density at radius 1 is 1.21 bits per heavy atom. The third-order valence-corrected chi connectivity index (χ3v) is 5.91. The Kier molecular flexibility index (Phi) is 8.66. The van der Waals surface area contributed by atoms with E-state index in [9.17, 15) is 23.1 Å². The van der Waals surface area contributed by atoms with Crippen molar-refractivity contribution in [2.24, 2.45) is 18.6 Å². The van der Waals surface area contributed by atoms with E-state index in [-0.39, 0.29) is 23.5 Å². The maximum atomic E-state index is 13.3. The normalized spacial score (nSPS) is 12.8. The number of aryl methyl sites for hydroxylation is 2. The molecule has 38 heavy (non-hydrogen) atoms. The number of aromatic nitrogens is 2. The number of nitrogens with zero attached hydrogens (tertiary/aromatic N) is 3. The van der Waals surface area contributed by atoms with E-state index in [4.69, 9.17) is 16.7 Å². The van der Waals surface area contributed by atoms with Crippen LogP contribution in [0.5, 0.6) is 0 Å². The molecule has 0 fully saturated rings. The van der Waals surface area contributed by atoms with E-state index in [0.717, 1.165) is 29.5 Å². The number of benzene rings is 2. The van der Waals surface area contributed by atoms with Crippen molar-refractivity contribution in [2.75, 3.05) is 28.8 Å². The molecule has 0 spiro atoms. The summed E-state index contributed by atoms with van der Waals surface area (Å²) < 4.78 is 41.6. The van der Waals surface area contributed by atoms with E-state index in [2.05, 4.69) is 15.7 Å². The molecule has 1 aromatic heterocycles. The minimum Gasteiger partial charge on any atom is -0.397 e. The summed E-state index contributed by atoms with van der Waals surface area (Å²) >= 11 is 0. The first-order chi connectivity index (χ1) is 17.8. The Labute approximate surface area is 217 Å². The van der Waals surface area contributed by atoms with Crippen LogP contribution in [0.25, 0.3) is 5.70 Å². The van der Waals surface area contributed by atoms with E-state index in [1.54, 1.807) is 30.9 Å². The van der Waals surface area contributed by atoms with Crippen molar-refractivity contribution in [1.82, 2.24) is 9.78 Å². The summed E-state index contributed by atoms with van der Waals surface area (Å²) in [5, 5.41) is 29.2. The van der Waals surface area contributed by atoms with Crippen LogP contribution in [0, 0.1) is 13.8 Å². The van der Waals surface area contributed by atoms with Crippen molar-refractivity contribution in [3.8, 4) is 0 Å². The van der Waals surface area contributed by atoms with E-state index >= 15 is 0 Å². The molecule has 1 heterocycles. The highest BCUT2D eigenvalue weighted by atomic mass is 19.4. The summed E-state index contributed by atoms with van der Waals surface area (Å²) in [5.74, 6) is 5.53. The molecular formula is C25H30F3N7O3. The number of aliphatic hydroxyl groups excluding tert-OH is 2. The topological polar surface area (TPSA) is 155 Å². The van der Waals surface area contributed by atoms with Gasteiger partial charge >= 0.3 is 6.18 Å². The van der Waals surface area contributed by atoms with E-state index in [1.165, 1.54) is 23.3 Å². The molecule has 0 radical (unpaired) electrons. The highest BCUT2D eigenvalue weighted by molar-refractivity contribution is 6.06. The molecule has 0 bridgehead atoms. The Morgan fingerprint density at radius 2 is 1.92 bits per heavy atom. The van der Waals surface area contributed by atoms with Crippen molar-refractivity contribution in [2.45, 2.75) is 26.1 Å². The number of rotatable bonds is 9. The highest BCUT2D eigenvalue weighted by Gasteiger charge is 2.31. The fourth-order valence-electron chi connectivity index (χ4n) is 3.56. The third kappa shape index (κ3) is 6.62. The van der Waals surface area contributed by atoms with E-state index < -0.39 is 30.4 Å². The van der Waals surface area contributed by atoms with Crippen LogP contribution >= 0.6 is 0 Å². The standard InChI is InChI=1S/C25H30F3N7O3/c1-14-4-5-16(8-23(14)35(30)12-20(29)19-11-32-34(3)15(19)2)24(38)33-22-9-17(25(26,27)28)6-7-21(22)31-10-18(37)13-36/h4-9,11-12,18,31,36-37H,10,13,29-30H2,1-3H3,(H,33,38)/b20-12-/t18-/m1/s1. The molecule has 13 heteroatoms. The molecule has 0 saturated carbocycles. The average Bonchev–Trinajstić information content (AvgIpc) is 3.20. The summed E-state index contributed by atoms with van der Waals surface area (Å²) in [6.45, 7) is 2.93. The van der Waals surface area contributed by atoms with Crippen molar-refractivity contribution in [3.63, 3.8) is 0 Å². The number of halogens is 3. The maximum absolute atomic E-state index is 13.3. The molecule has 10 nitrogen and oxygen atoms in total. The van der Waals surface area contributed by atoms with Gasteiger partial charge in [-0.05, 0) is 49.7 Å². The first-order valence-electron chi connectivity index (χ1n) is 11.5. The molecule has 0 aliphatic heterocycles. The average molecular weight is 534 g/mol. The third-order valence-electron chi connectivity index (χ3n) is 5.91. The molecule has 3 aromatic rings. The first kappa shape index (κ1) is 28.5. The first-order valence-corrected chi connectivity index (χ1v) is 11.5. The predicted octanol–water partition coefficient (Wildman–Crippen LogP) is 2.71. The molecule has 0 aliphatic rings. The molecule has 1 atom stereocenters. The SMILES string of the molecule is Cc1ccc(C(=O)Nc2cc(C(F)(F)F)ccc2NC[C@@H](O)CO)cc1N(N)/C=C(\N)c1cnn(C)c1C. The van der Waals surface area contributed by atoms with Crippen LogP contribution in [0.2, 0.25) is 0 Å². The summed E-state index contributed by atoms with van der Waals surface area (Å²) in [7, 11) is 1.78. The second-order valence-corrected chi connectivity index (χ2v) is 8.69. The summed E-state index contributed by atoms with van der Waals surface area (Å²) in [4.78, 5) is 13.1. The summed E-state index contributed by atoms with van der Waals surface area (Å²) in [5.41, 5.74) is 8.35. The van der Waals surface area contributed by atoms with Gasteiger partial charge in [0.05, 0.1) is 47.2 Å². The predicted molar refractivity (Wildman–Crippen MR) is 139 cm³/mol. The van der Waals surface area contributed by atoms with E-state index in [0.29, 0.717) is 16.9 Å². The number of aliphatic hydroxyl groups is 2. The van der Waals surface area contributed by atoms with Crippen LogP contribution in [-0.4, -0.2) is 45.2 Å². The monoisotopic (exact) mass is 533 g/mol. The van der Waals surface area contributed by atoms with Gasteiger partial charge in [-0.15, -0.1) is 0 Å². The number of amides is 1. The van der Waals surface area contributed by atoms with Gasteiger partial charge in [-0.2, -0.15) is 18.3 Å². The molecule has 0 unspecified atom stereocenters. The van der Waals surface area contributed by atoms with Gasteiger partial charge in [0, 0.05) is 36.6 Å². The molecule has 8 N–H and O–H groups in total. The number of nitrogens with one attached hydrogen (secondary N) is 2. The van der Waals surface area contributed by atoms with Crippen LogP contribution in [0.1, 0.15) is 32.7 Å². The Hall–Kier alpha value is -4.07. The number of alkyl halides is 3. The van der Waals surface area contributed by atoms with Crippen molar-refractivity contribution < 1.29 is 28.2 Å². The minimum atomic E-state index is -4.64. The largest absolute Gasteiger partial charge is 0.416 e. The van der Waals surface area contributed by atoms with Crippen LogP contribution in [-0.2, 0) is 13.2 Å². The zero-order valence-electron chi connectivity index (χ0n) is 21.0. The van der Waals surface area contributed by atoms with Crippen LogP contribution in [0.4, 0.5) is 30.2 Å². The van der Waals surface area contributed by atoms with Crippen molar-refractivity contribution >= 4 is 28.7 Å². The van der Waals surface area contributed by atoms with Gasteiger partial charge in [0.2, 0.25) is 0 Å². The summed E-state index contributed by atoms with van der Waals surface area (Å²) in [6, 6.07) is 7.41. The molecular weight excluding hydrogens is 503 g/mol. The molecule has 3 rings (SSSR count). The number of carbonyl (C=O) groups is 1. The van der Waals surface area contributed by atoms with Crippen molar-refractivity contribution in [3.05, 3.63) is 76.7 Å². The molecule has 0 aliphatic carbocycles. The highest BCUT2D eigenvalue weighted by Crippen LogP contribution is 2.34. The van der Waals surface area contributed by atoms with Gasteiger partial charge in [-0.3, -0.25) is 14.5 Å². The lowest BCUT2D eigenvalue weighted by Crippen LogP contribution is -2.27. The Balaban J connectivity index is 1.90. The smallest absolute Gasteiger partial charge is 0.397 e. The lowest BCUT2D eigenvalue weighted by atomic mass is 10.1. The number of hydrazine groups is 1. The molecule has 1 amide bonds. The molecule has 204 valence electrons. The Morgan fingerprint density at radius 3 is 2.53 bits per heavy atom. The number of hydrogen-bond acceptors (Lipinski definition) is 8. The van der Waals surface area contributed by atoms with Gasteiger partial charge in [-0.25, -0.2) is 5.84 Å². The number of anilines is 3. The van der Waals surface area contributed by atoms with E-state index in [1.807, 2.05) is 6.92 Å².